The van der Waals surface area contributed by atoms with Gasteiger partial charge < -0.3 is 0 Å². The van der Waals surface area contributed by atoms with Crippen LogP contribution in [0.2, 0.25) is 0 Å². The van der Waals surface area contributed by atoms with Gasteiger partial charge in [0.15, 0.2) is 0 Å². The summed E-state index contributed by atoms with van der Waals surface area (Å²) in [5.74, 6) is 0.983. The lowest BCUT2D eigenvalue weighted by atomic mass is 10.0. The lowest BCUT2D eigenvalue weighted by Crippen LogP contribution is -2.49. The van der Waals surface area contributed by atoms with Gasteiger partial charge in [-0.1, -0.05) is 12.8 Å². The van der Waals surface area contributed by atoms with Gasteiger partial charge in [0.2, 0.25) is 0 Å². The minimum atomic E-state index is 0.630. The molecule has 0 aromatic carbocycles. The number of aryl methyl sites for hydroxylation is 2. The molecule has 1 saturated carbocycles. The van der Waals surface area contributed by atoms with Gasteiger partial charge >= 0.3 is 0 Å². The van der Waals surface area contributed by atoms with Gasteiger partial charge in [-0.05, 0) is 38.7 Å². The van der Waals surface area contributed by atoms with Crippen molar-refractivity contribution in [1.29, 1.82) is 0 Å². The summed E-state index contributed by atoms with van der Waals surface area (Å²) < 4.78 is 2.22. The summed E-state index contributed by atoms with van der Waals surface area (Å²) in [5.41, 5.74) is 2.46. The van der Waals surface area contributed by atoms with Crippen LogP contribution in [0.1, 0.15) is 43.1 Å². The number of likely N-dealkylation sites (tertiary alicyclic amines) is 1. The van der Waals surface area contributed by atoms with Crippen molar-refractivity contribution in [2.75, 3.05) is 19.6 Å². The van der Waals surface area contributed by atoms with Gasteiger partial charge in [0.25, 0.3) is 0 Å². The second kappa shape index (κ2) is 4.45. The van der Waals surface area contributed by atoms with Gasteiger partial charge in [0, 0.05) is 25.3 Å². The molecule has 0 radical (unpaired) electrons. The van der Waals surface area contributed by atoms with Gasteiger partial charge in [-0.3, -0.25) is 9.58 Å². The molecule has 0 atom stereocenters. The minimum absolute atomic E-state index is 0.630. The van der Waals surface area contributed by atoms with E-state index in [1.54, 1.807) is 0 Å². The third kappa shape index (κ3) is 2.25. The zero-order chi connectivity index (χ0) is 11.8. The molecule has 17 heavy (non-hydrogen) atoms. The molecule has 2 heterocycles. The summed E-state index contributed by atoms with van der Waals surface area (Å²) in [4.78, 5) is 2.61. The summed E-state index contributed by atoms with van der Waals surface area (Å²) in [7, 11) is 0. The molecule has 1 saturated heterocycles. The Morgan fingerprint density at radius 3 is 2.53 bits per heavy atom. The van der Waals surface area contributed by atoms with Crippen molar-refractivity contribution in [2.24, 2.45) is 5.92 Å². The minimum Gasteiger partial charge on any atom is -0.299 e. The van der Waals surface area contributed by atoms with E-state index in [0.717, 1.165) is 11.6 Å². The highest BCUT2D eigenvalue weighted by Gasteiger charge is 2.31. The first-order chi connectivity index (χ1) is 8.22. The largest absolute Gasteiger partial charge is 0.299 e. The van der Waals surface area contributed by atoms with Gasteiger partial charge in [0.05, 0.1) is 11.7 Å². The number of aromatic nitrogens is 2. The number of hydrogen-bond acceptors (Lipinski definition) is 2. The highest BCUT2D eigenvalue weighted by Crippen LogP contribution is 2.29. The summed E-state index contributed by atoms with van der Waals surface area (Å²) in [5, 5.41) is 4.59. The molecule has 0 spiro atoms. The van der Waals surface area contributed by atoms with E-state index >= 15 is 0 Å². The first kappa shape index (κ1) is 11.3. The van der Waals surface area contributed by atoms with E-state index in [1.165, 1.54) is 51.0 Å². The number of hydrogen-bond donors (Lipinski definition) is 0. The third-order valence-electron chi connectivity index (χ3n) is 4.32. The standard InChI is InChI=1S/C14H23N3/c1-11-7-12(2)17(15-11)14-9-16(10-14)8-13-5-3-4-6-13/h7,13-14H,3-6,8-10H2,1-2H3. The Kier molecular flexibility index (Phi) is 2.95. The molecule has 0 amide bonds. The quantitative estimate of drug-likeness (QED) is 0.800. The molecule has 3 heteroatoms. The third-order valence-corrected chi connectivity index (χ3v) is 4.32. The fraction of sp³-hybridized carbons (Fsp3) is 0.786. The normalized spacial score (nSPS) is 23.2. The van der Waals surface area contributed by atoms with Crippen LogP contribution in [0.15, 0.2) is 6.07 Å². The summed E-state index contributed by atoms with van der Waals surface area (Å²) in [6.07, 6.45) is 5.83. The second-order valence-electron chi connectivity index (χ2n) is 5.89. The Labute approximate surface area is 104 Å². The van der Waals surface area contributed by atoms with E-state index in [0.29, 0.717) is 6.04 Å². The fourth-order valence-electron chi connectivity index (χ4n) is 3.42. The van der Waals surface area contributed by atoms with Crippen LogP contribution in [-0.4, -0.2) is 34.3 Å². The summed E-state index contributed by atoms with van der Waals surface area (Å²) >= 11 is 0. The van der Waals surface area contributed by atoms with E-state index in [9.17, 15) is 0 Å². The molecule has 1 aromatic heterocycles. The van der Waals surface area contributed by atoms with E-state index in [-0.39, 0.29) is 0 Å². The predicted molar refractivity (Wildman–Crippen MR) is 69.1 cm³/mol. The average Bonchev–Trinajstić information content (AvgIpc) is 2.81. The van der Waals surface area contributed by atoms with Crippen molar-refractivity contribution in [3.63, 3.8) is 0 Å². The van der Waals surface area contributed by atoms with Gasteiger partial charge in [-0.15, -0.1) is 0 Å². The van der Waals surface area contributed by atoms with E-state index in [4.69, 9.17) is 0 Å². The Morgan fingerprint density at radius 2 is 1.94 bits per heavy atom. The molecular formula is C14H23N3. The molecule has 0 unspecified atom stereocenters. The molecule has 0 bridgehead atoms. The summed E-state index contributed by atoms with van der Waals surface area (Å²) in [6.45, 7) is 7.99. The van der Waals surface area contributed by atoms with Crippen LogP contribution in [-0.2, 0) is 0 Å². The molecule has 3 nitrogen and oxygen atoms in total. The van der Waals surface area contributed by atoms with Crippen molar-refractivity contribution >= 4 is 0 Å². The topological polar surface area (TPSA) is 21.1 Å². The van der Waals surface area contributed by atoms with Crippen LogP contribution < -0.4 is 0 Å². The molecule has 94 valence electrons. The van der Waals surface area contributed by atoms with Crippen LogP contribution in [0.5, 0.6) is 0 Å². The van der Waals surface area contributed by atoms with Crippen molar-refractivity contribution in [2.45, 2.75) is 45.6 Å². The SMILES string of the molecule is Cc1cc(C)n(C2CN(CC3CCCC3)C2)n1. The smallest absolute Gasteiger partial charge is 0.0775 e. The van der Waals surface area contributed by atoms with Crippen molar-refractivity contribution in [1.82, 2.24) is 14.7 Å². The molecule has 2 fully saturated rings. The first-order valence-electron chi connectivity index (χ1n) is 6.97. The highest BCUT2D eigenvalue weighted by molar-refractivity contribution is 5.09. The van der Waals surface area contributed by atoms with Crippen molar-refractivity contribution < 1.29 is 0 Å². The Morgan fingerprint density at radius 1 is 1.24 bits per heavy atom. The Bertz CT molecular complexity index is 384. The maximum Gasteiger partial charge on any atom is 0.0775 e. The lowest BCUT2D eigenvalue weighted by molar-refractivity contribution is 0.0799. The zero-order valence-corrected chi connectivity index (χ0v) is 11.0. The van der Waals surface area contributed by atoms with Crippen molar-refractivity contribution in [3.8, 4) is 0 Å². The average molecular weight is 233 g/mol. The van der Waals surface area contributed by atoms with Crippen molar-refractivity contribution in [3.05, 3.63) is 17.5 Å². The van der Waals surface area contributed by atoms with Crippen LogP contribution in [0.25, 0.3) is 0 Å². The fourth-order valence-corrected chi connectivity index (χ4v) is 3.42. The molecule has 0 N–H and O–H groups in total. The predicted octanol–water partition coefficient (Wildman–Crippen LogP) is 2.55. The molecule has 1 aliphatic carbocycles. The Hall–Kier alpha value is -0.830. The van der Waals surface area contributed by atoms with Gasteiger partial charge in [-0.2, -0.15) is 5.10 Å². The second-order valence-corrected chi connectivity index (χ2v) is 5.89. The molecule has 1 aromatic rings. The highest BCUT2D eigenvalue weighted by atomic mass is 15.4. The van der Waals surface area contributed by atoms with Crippen LogP contribution in [0.3, 0.4) is 0 Å². The molecular weight excluding hydrogens is 210 g/mol. The number of rotatable bonds is 3. The maximum absolute atomic E-state index is 4.59. The van der Waals surface area contributed by atoms with E-state index in [1.807, 2.05) is 0 Å². The lowest BCUT2D eigenvalue weighted by Gasteiger charge is -2.41. The van der Waals surface area contributed by atoms with E-state index < -0.39 is 0 Å². The molecule has 1 aliphatic heterocycles. The van der Waals surface area contributed by atoms with Crippen LogP contribution >= 0.6 is 0 Å². The zero-order valence-electron chi connectivity index (χ0n) is 11.0. The Balaban J connectivity index is 1.52. The first-order valence-corrected chi connectivity index (χ1v) is 6.97. The maximum atomic E-state index is 4.59. The molecule has 2 aliphatic rings. The van der Waals surface area contributed by atoms with Crippen LogP contribution in [0.4, 0.5) is 0 Å². The van der Waals surface area contributed by atoms with Gasteiger partial charge in [-0.25, -0.2) is 0 Å². The van der Waals surface area contributed by atoms with E-state index in [2.05, 4.69) is 34.6 Å². The monoisotopic (exact) mass is 233 g/mol. The van der Waals surface area contributed by atoms with Gasteiger partial charge in [0.1, 0.15) is 0 Å². The number of nitrogens with zero attached hydrogens (tertiary/aromatic N) is 3. The van der Waals surface area contributed by atoms with Crippen LogP contribution in [0, 0.1) is 19.8 Å². The molecule has 3 rings (SSSR count). The summed E-state index contributed by atoms with van der Waals surface area (Å²) in [6, 6.07) is 2.81.